The molecule has 1 aromatic heterocycles. The Bertz CT molecular complexity index is 2050. The monoisotopic (exact) mass is 530 g/mol. The van der Waals surface area contributed by atoms with E-state index in [9.17, 15) is 0 Å². The smallest absolute Gasteiger partial charge is 0.332 e. The van der Waals surface area contributed by atoms with Crippen molar-refractivity contribution in [1.82, 2.24) is 4.48 Å². The Labute approximate surface area is 243 Å². The van der Waals surface area contributed by atoms with E-state index in [0.29, 0.717) is 0 Å². The summed E-state index contributed by atoms with van der Waals surface area (Å²) in [5.74, 6) is 0. The SMILES string of the molecule is Cc1cc2c3c(c1)N1c4c(cccc4C4(C)CCCCC14C)B3n1c3c(c4cccc-2c41)-c1ccccc1C3(C)C. The summed E-state index contributed by atoms with van der Waals surface area (Å²) in [5.41, 5.74) is 19.1. The first-order valence-electron chi connectivity index (χ1n) is 15.6. The highest BCUT2D eigenvalue weighted by molar-refractivity contribution is 6.89. The number of nitrogens with zero attached hydrogens (tertiary/aromatic N) is 2. The van der Waals surface area contributed by atoms with Crippen molar-refractivity contribution >= 4 is 40.1 Å². The molecule has 0 N–H and O–H groups in total. The van der Waals surface area contributed by atoms with Gasteiger partial charge in [0.15, 0.2) is 0 Å². The molecule has 3 aliphatic heterocycles. The maximum absolute atomic E-state index is 2.84. The largest absolute Gasteiger partial charge is 0.378 e. The van der Waals surface area contributed by atoms with Gasteiger partial charge in [0.1, 0.15) is 0 Å². The second-order valence-electron chi connectivity index (χ2n) is 14.5. The predicted octanol–water partition coefficient (Wildman–Crippen LogP) is 7.95. The van der Waals surface area contributed by atoms with Crippen molar-refractivity contribution < 1.29 is 0 Å². The Morgan fingerprint density at radius 2 is 1.51 bits per heavy atom. The number of hydrogen-bond donors (Lipinski definition) is 0. The lowest BCUT2D eigenvalue weighted by Gasteiger charge is -2.52. The number of benzene rings is 4. The fourth-order valence-corrected chi connectivity index (χ4v) is 10.4. The van der Waals surface area contributed by atoms with E-state index in [1.165, 1.54) is 98.0 Å². The first kappa shape index (κ1) is 22.9. The Hall–Kier alpha value is -3.72. The average molecular weight is 531 g/mol. The molecule has 1 fully saturated rings. The third-order valence-electron chi connectivity index (χ3n) is 12.3. The lowest BCUT2D eigenvalue weighted by atomic mass is 9.44. The molecule has 10 rings (SSSR count). The van der Waals surface area contributed by atoms with Gasteiger partial charge in [0, 0.05) is 49.9 Å². The van der Waals surface area contributed by atoms with Crippen LogP contribution >= 0.6 is 0 Å². The van der Waals surface area contributed by atoms with Gasteiger partial charge in [-0.3, -0.25) is 0 Å². The standard InChI is InChI=1S/C38H35BN2/c1-22-20-26-23-13-10-14-25-31-24-12-6-7-15-27(24)36(2,3)35(31)41(33(23)25)39-29-17-11-16-28-34(29)40(30(21-22)32(26)39)38(5)19-9-8-18-37(28,38)4/h6-7,10-17,20-21H,8-9,18-19H2,1-5H3. The van der Waals surface area contributed by atoms with Crippen LogP contribution in [-0.4, -0.2) is 16.9 Å². The van der Waals surface area contributed by atoms with Crippen LogP contribution < -0.4 is 15.8 Å². The lowest BCUT2D eigenvalue weighted by Crippen LogP contribution is -2.62. The predicted molar refractivity (Wildman–Crippen MR) is 173 cm³/mol. The van der Waals surface area contributed by atoms with Gasteiger partial charge < -0.3 is 9.38 Å². The summed E-state index contributed by atoms with van der Waals surface area (Å²) >= 11 is 0. The first-order valence-corrected chi connectivity index (χ1v) is 15.6. The molecule has 0 radical (unpaired) electrons. The zero-order valence-corrected chi connectivity index (χ0v) is 24.7. The van der Waals surface area contributed by atoms with Crippen LogP contribution in [0.25, 0.3) is 33.2 Å². The second kappa shape index (κ2) is 6.84. The molecule has 2 nitrogen and oxygen atoms in total. The van der Waals surface area contributed by atoms with Crippen molar-refractivity contribution in [2.45, 2.75) is 76.7 Å². The molecule has 2 atom stereocenters. The highest BCUT2D eigenvalue weighted by atomic mass is 15.3. The Morgan fingerprint density at radius 3 is 2.39 bits per heavy atom. The number of rotatable bonds is 0. The highest BCUT2D eigenvalue weighted by Crippen LogP contribution is 2.62. The van der Waals surface area contributed by atoms with E-state index in [1.54, 1.807) is 5.56 Å². The molecule has 2 unspecified atom stereocenters. The van der Waals surface area contributed by atoms with Crippen molar-refractivity contribution in [3.8, 4) is 22.3 Å². The minimum Gasteiger partial charge on any atom is -0.378 e. The number of aryl methyl sites for hydroxylation is 1. The molecular formula is C38H35BN2. The van der Waals surface area contributed by atoms with E-state index in [-0.39, 0.29) is 23.2 Å². The zero-order valence-electron chi connectivity index (χ0n) is 24.7. The highest BCUT2D eigenvalue weighted by Gasteiger charge is 2.61. The third kappa shape index (κ3) is 2.26. The Kier molecular flexibility index (Phi) is 3.82. The molecule has 3 heteroatoms. The molecule has 4 heterocycles. The number of para-hydroxylation sites is 2. The van der Waals surface area contributed by atoms with Crippen LogP contribution in [0.3, 0.4) is 0 Å². The summed E-state index contributed by atoms with van der Waals surface area (Å²) in [4.78, 5) is 2.84. The van der Waals surface area contributed by atoms with E-state index < -0.39 is 0 Å². The molecule has 0 spiro atoms. The van der Waals surface area contributed by atoms with Gasteiger partial charge in [0.2, 0.25) is 0 Å². The summed E-state index contributed by atoms with van der Waals surface area (Å²) in [6.07, 6.45) is 5.14. The number of aromatic nitrogens is 1. The van der Waals surface area contributed by atoms with Crippen LogP contribution in [0, 0.1) is 6.92 Å². The first-order chi connectivity index (χ1) is 19.8. The average Bonchev–Trinajstić information content (AvgIpc) is 3.51. The summed E-state index contributed by atoms with van der Waals surface area (Å²) in [7, 11) is 0. The maximum Gasteiger partial charge on any atom is 0.332 e. The number of hydrogen-bond acceptors (Lipinski definition) is 1. The molecule has 5 aromatic rings. The number of anilines is 2. The molecule has 0 amide bonds. The van der Waals surface area contributed by atoms with Gasteiger partial charge in [-0.2, -0.15) is 0 Å². The van der Waals surface area contributed by atoms with E-state index >= 15 is 0 Å². The summed E-state index contributed by atoms with van der Waals surface area (Å²) in [6.45, 7) is 12.5. The van der Waals surface area contributed by atoms with Crippen molar-refractivity contribution in [3.63, 3.8) is 0 Å². The van der Waals surface area contributed by atoms with Crippen LogP contribution in [0.15, 0.2) is 72.8 Å². The van der Waals surface area contributed by atoms with Crippen molar-refractivity contribution in [2.24, 2.45) is 0 Å². The molecule has 2 aliphatic carbocycles. The fourth-order valence-electron chi connectivity index (χ4n) is 10.4. The van der Waals surface area contributed by atoms with Gasteiger partial charge in [0.05, 0.1) is 5.54 Å². The van der Waals surface area contributed by atoms with Crippen molar-refractivity contribution in [2.75, 3.05) is 4.90 Å². The molecule has 0 saturated heterocycles. The summed E-state index contributed by atoms with van der Waals surface area (Å²) < 4.78 is 2.81. The second-order valence-corrected chi connectivity index (χ2v) is 14.5. The van der Waals surface area contributed by atoms with Crippen LogP contribution in [0.4, 0.5) is 11.4 Å². The van der Waals surface area contributed by atoms with E-state index in [1.807, 2.05) is 0 Å². The van der Waals surface area contributed by atoms with Crippen LogP contribution in [0.2, 0.25) is 0 Å². The van der Waals surface area contributed by atoms with Crippen LogP contribution in [0.5, 0.6) is 0 Å². The molecule has 4 aromatic carbocycles. The molecule has 5 aliphatic rings. The minimum absolute atomic E-state index is 0.0778. The maximum atomic E-state index is 2.84. The van der Waals surface area contributed by atoms with Gasteiger partial charge >= 0.3 is 6.85 Å². The number of fused-ring (bicyclic) bond motifs is 12. The minimum atomic E-state index is -0.0778. The summed E-state index contributed by atoms with van der Waals surface area (Å²) in [6, 6.07) is 28.5. The third-order valence-corrected chi connectivity index (χ3v) is 12.3. The van der Waals surface area contributed by atoms with Crippen LogP contribution in [-0.2, 0) is 10.8 Å². The zero-order chi connectivity index (χ0) is 27.6. The normalized spacial score (nSPS) is 25.1. The van der Waals surface area contributed by atoms with Gasteiger partial charge in [-0.1, -0.05) is 100 Å². The van der Waals surface area contributed by atoms with E-state index in [0.717, 1.165) is 0 Å². The van der Waals surface area contributed by atoms with Gasteiger partial charge in [-0.25, -0.2) is 0 Å². The van der Waals surface area contributed by atoms with E-state index in [2.05, 4.69) is 117 Å². The van der Waals surface area contributed by atoms with Crippen molar-refractivity contribution in [3.05, 3.63) is 95.2 Å². The van der Waals surface area contributed by atoms with Gasteiger partial charge in [-0.05, 0) is 71.5 Å². The van der Waals surface area contributed by atoms with E-state index in [4.69, 9.17) is 0 Å². The molecule has 0 bridgehead atoms. The Morgan fingerprint density at radius 1 is 0.756 bits per heavy atom. The molecule has 1 saturated carbocycles. The van der Waals surface area contributed by atoms with Crippen molar-refractivity contribution in [1.29, 1.82) is 0 Å². The summed E-state index contributed by atoms with van der Waals surface area (Å²) in [5, 5.41) is 1.41. The fraction of sp³-hybridized carbons (Fsp3) is 0.316. The van der Waals surface area contributed by atoms with Gasteiger partial charge in [0.25, 0.3) is 0 Å². The van der Waals surface area contributed by atoms with Gasteiger partial charge in [-0.15, -0.1) is 0 Å². The Balaban J connectivity index is 1.41. The molecule has 200 valence electrons. The molecular weight excluding hydrogens is 495 g/mol. The quantitative estimate of drug-likeness (QED) is 0.181. The lowest BCUT2D eigenvalue weighted by molar-refractivity contribution is 0.195. The molecule has 41 heavy (non-hydrogen) atoms. The topological polar surface area (TPSA) is 8.17 Å². The van der Waals surface area contributed by atoms with Crippen LogP contribution in [0.1, 0.15) is 75.8 Å².